The number of anilines is 1. The Hall–Kier alpha value is -2.12. The summed E-state index contributed by atoms with van der Waals surface area (Å²) in [7, 11) is 0. The van der Waals surface area contributed by atoms with Gasteiger partial charge in [-0.25, -0.2) is 4.39 Å². The summed E-state index contributed by atoms with van der Waals surface area (Å²) < 4.78 is 13.3. The van der Waals surface area contributed by atoms with Gasteiger partial charge in [0.15, 0.2) is 5.54 Å². The number of benzene rings is 1. The summed E-state index contributed by atoms with van der Waals surface area (Å²) in [4.78, 5) is 4.15. The van der Waals surface area contributed by atoms with Crippen molar-refractivity contribution in [3.05, 3.63) is 58.6 Å². The van der Waals surface area contributed by atoms with Crippen LogP contribution in [0.25, 0.3) is 0 Å². The second kappa shape index (κ2) is 6.76. The zero-order valence-corrected chi connectivity index (χ0v) is 13.3. The summed E-state index contributed by atoms with van der Waals surface area (Å²) in [6.07, 6.45) is 4.77. The number of hydrogen-bond acceptors (Lipinski definition) is 3. The van der Waals surface area contributed by atoms with E-state index in [1.54, 1.807) is 18.5 Å². The first kappa shape index (κ1) is 16.3. The fraction of sp³-hybridized carbons (Fsp3) is 0.294. The molecule has 1 N–H and O–H groups in total. The van der Waals surface area contributed by atoms with Gasteiger partial charge in [-0.05, 0) is 42.7 Å². The minimum Gasteiger partial charge on any atom is -0.364 e. The van der Waals surface area contributed by atoms with Crippen molar-refractivity contribution in [2.24, 2.45) is 0 Å². The monoisotopic (exact) mass is 317 g/mol. The van der Waals surface area contributed by atoms with Crippen LogP contribution in [0.3, 0.4) is 0 Å². The van der Waals surface area contributed by atoms with Gasteiger partial charge in [-0.3, -0.25) is 4.98 Å². The molecule has 1 aromatic heterocycles. The van der Waals surface area contributed by atoms with Gasteiger partial charge in [0.1, 0.15) is 5.82 Å². The molecule has 1 heterocycles. The van der Waals surface area contributed by atoms with Gasteiger partial charge in [-0.15, -0.1) is 0 Å². The molecule has 0 saturated heterocycles. The van der Waals surface area contributed by atoms with Crippen LogP contribution in [0.2, 0.25) is 5.02 Å². The number of aromatic nitrogens is 1. The summed E-state index contributed by atoms with van der Waals surface area (Å²) in [5, 5.41) is 13.0. The lowest BCUT2D eigenvalue weighted by atomic mass is 9.85. The standard InChI is InChI=1S/C17H17ClFN3/c1-3-12-7-8-21-10-14(12)17(4-2,11-20)22-13-5-6-16(19)15(18)9-13/h5-10,22H,3-4H2,1-2H3. The molecule has 0 aliphatic carbocycles. The Labute approximate surface area is 134 Å². The molecular formula is C17H17ClFN3. The van der Waals surface area contributed by atoms with Crippen molar-refractivity contribution in [2.75, 3.05) is 5.32 Å². The van der Waals surface area contributed by atoms with Gasteiger partial charge in [0, 0.05) is 23.6 Å². The SMILES string of the molecule is CCc1ccncc1C(C#N)(CC)Nc1ccc(F)c(Cl)c1. The van der Waals surface area contributed by atoms with E-state index in [-0.39, 0.29) is 5.02 Å². The molecule has 114 valence electrons. The van der Waals surface area contributed by atoms with E-state index in [9.17, 15) is 9.65 Å². The first-order chi connectivity index (χ1) is 10.6. The van der Waals surface area contributed by atoms with Crippen LogP contribution in [0.1, 0.15) is 31.4 Å². The maximum atomic E-state index is 13.3. The lowest BCUT2D eigenvalue weighted by molar-refractivity contribution is 0.594. The summed E-state index contributed by atoms with van der Waals surface area (Å²) in [6.45, 7) is 3.96. The Kier molecular flexibility index (Phi) is 4.99. The summed E-state index contributed by atoms with van der Waals surface area (Å²) >= 11 is 5.82. The van der Waals surface area contributed by atoms with Crippen LogP contribution in [0.4, 0.5) is 10.1 Å². The van der Waals surface area contributed by atoms with Gasteiger partial charge in [0.2, 0.25) is 0 Å². The highest BCUT2D eigenvalue weighted by Crippen LogP contribution is 2.32. The third-order valence-corrected chi connectivity index (χ3v) is 4.04. The molecule has 22 heavy (non-hydrogen) atoms. The van der Waals surface area contributed by atoms with Crippen LogP contribution in [0.5, 0.6) is 0 Å². The number of nitrogens with zero attached hydrogens (tertiary/aromatic N) is 2. The largest absolute Gasteiger partial charge is 0.364 e. The van der Waals surface area contributed by atoms with Crippen LogP contribution in [0.15, 0.2) is 36.7 Å². The molecule has 0 fully saturated rings. The number of nitriles is 1. The van der Waals surface area contributed by atoms with E-state index in [0.29, 0.717) is 12.1 Å². The van der Waals surface area contributed by atoms with Gasteiger partial charge in [0.25, 0.3) is 0 Å². The summed E-state index contributed by atoms with van der Waals surface area (Å²) in [5.74, 6) is -0.484. The van der Waals surface area contributed by atoms with Gasteiger partial charge in [-0.1, -0.05) is 25.4 Å². The Bertz CT molecular complexity index is 711. The molecule has 1 aromatic carbocycles. The Balaban J connectivity index is 2.48. The number of halogens is 2. The van der Waals surface area contributed by atoms with Gasteiger partial charge < -0.3 is 5.32 Å². The molecule has 0 radical (unpaired) electrons. The van der Waals surface area contributed by atoms with E-state index in [4.69, 9.17) is 11.6 Å². The fourth-order valence-electron chi connectivity index (χ4n) is 2.45. The number of nitrogens with one attached hydrogen (secondary N) is 1. The van der Waals surface area contributed by atoms with Crippen molar-refractivity contribution in [1.82, 2.24) is 4.98 Å². The highest BCUT2D eigenvalue weighted by molar-refractivity contribution is 6.31. The van der Waals surface area contributed by atoms with Crippen LogP contribution in [-0.4, -0.2) is 4.98 Å². The first-order valence-corrected chi connectivity index (χ1v) is 7.52. The van der Waals surface area contributed by atoms with Crippen molar-refractivity contribution < 1.29 is 4.39 Å². The first-order valence-electron chi connectivity index (χ1n) is 7.14. The lowest BCUT2D eigenvalue weighted by Gasteiger charge is -2.30. The molecule has 3 nitrogen and oxygen atoms in total. The molecule has 0 spiro atoms. The number of aryl methyl sites for hydroxylation is 1. The quantitative estimate of drug-likeness (QED) is 0.871. The predicted molar refractivity (Wildman–Crippen MR) is 86.2 cm³/mol. The molecule has 1 unspecified atom stereocenters. The topological polar surface area (TPSA) is 48.7 Å². The molecule has 0 bridgehead atoms. The zero-order chi connectivity index (χ0) is 16.2. The third kappa shape index (κ3) is 3.05. The number of hydrogen-bond donors (Lipinski definition) is 1. The van der Waals surface area contributed by atoms with Gasteiger partial charge in [-0.2, -0.15) is 5.26 Å². The van der Waals surface area contributed by atoms with Crippen molar-refractivity contribution in [3.8, 4) is 6.07 Å². The predicted octanol–water partition coefficient (Wildman–Crippen LogP) is 4.68. The van der Waals surface area contributed by atoms with Crippen molar-refractivity contribution in [3.63, 3.8) is 0 Å². The van der Waals surface area contributed by atoms with Crippen LogP contribution < -0.4 is 5.32 Å². The normalized spacial score (nSPS) is 13.2. The van der Waals surface area contributed by atoms with Crippen molar-refractivity contribution in [2.45, 2.75) is 32.2 Å². The average Bonchev–Trinajstić information content (AvgIpc) is 2.56. The zero-order valence-electron chi connectivity index (χ0n) is 12.5. The van der Waals surface area contributed by atoms with Gasteiger partial charge >= 0.3 is 0 Å². The molecule has 0 aliphatic heterocycles. The third-order valence-electron chi connectivity index (χ3n) is 3.75. The average molecular weight is 318 g/mol. The van der Waals surface area contributed by atoms with Crippen molar-refractivity contribution >= 4 is 17.3 Å². The Morgan fingerprint density at radius 2 is 2.14 bits per heavy atom. The summed E-state index contributed by atoms with van der Waals surface area (Å²) in [6, 6.07) is 8.61. The highest BCUT2D eigenvalue weighted by Gasteiger charge is 2.32. The van der Waals surface area contributed by atoms with E-state index >= 15 is 0 Å². The number of rotatable bonds is 5. The van der Waals surface area contributed by atoms with E-state index in [1.807, 2.05) is 19.9 Å². The molecule has 1 atom stereocenters. The fourth-order valence-corrected chi connectivity index (χ4v) is 2.63. The molecular weight excluding hydrogens is 301 g/mol. The molecule has 0 aliphatic rings. The minimum atomic E-state index is -0.930. The molecule has 2 rings (SSSR count). The van der Waals surface area contributed by atoms with Crippen LogP contribution >= 0.6 is 11.6 Å². The van der Waals surface area contributed by atoms with E-state index in [2.05, 4.69) is 16.4 Å². The van der Waals surface area contributed by atoms with Crippen molar-refractivity contribution in [1.29, 1.82) is 5.26 Å². The number of pyridine rings is 1. The maximum Gasteiger partial charge on any atom is 0.152 e. The van der Waals surface area contributed by atoms with E-state index in [0.717, 1.165) is 17.5 Å². The highest BCUT2D eigenvalue weighted by atomic mass is 35.5. The molecule has 2 aromatic rings. The van der Waals surface area contributed by atoms with Gasteiger partial charge in [0.05, 0.1) is 11.1 Å². The maximum absolute atomic E-state index is 13.3. The van der Waals surface area contributed by atoms with E-state index in [1.165, 1.54) is 12.1 Å². The van der Waals surface area contributed by atoms with E-state index < -0.39 is 11.4 Å². The molecule has 0 amide bonds. The summed E-state index contributed by atoms with van der Waals surface area (Å²) in [5.41, 5.74) is 1.56. The molecule has 0 saturated carbocycles. The van der Waals surface area contributed by atoms with Crippen LogP contribution in [0, 0.1) is 17.1 Å². The minimum absolute atomic E-state index is 0.0230. The smallest absolute Gasteiger partial charge is 0.152 e. The Morgan fingerprint density at radius 1 is 1.36 bits per heavy atom. The lowest BCUT2D eigenvalue weighted by Crippen LogP contribution is -2.34. The van der Waals surface area contributed by atoms with Crippen LogP contribution in [-0.2, 0) is 12.0 Å². The Morgan fingerprint density at radius 3 is 2.73 bits per heavy atom. The molecule has 5 heteroatoms. The second-order valence-electron chi connectivity index (χ2n) is 5.01. The second-order valence-corrected chi connectivity index (χ2v) is 5.42.